The van der Waals surface area contributed by atoms with Gasteiger partial charge >= 0.3 is 12.3 Å². The summed E-state index contributed by atoms with van der Waals surface area (Å²) in [5.41, 5.74) is 0.556. The zero-order valence-corrected chi connectivity index (χ0v) is 19.2. The number of rotatable bonds is 5. The summed E-state index contributed by atoms with van der Waals surface area (Å²) < 4.78 is 42.2. The number of carboxylic acid groups (broad SMARTS) is 1. The topological polar surface area (TPSA) is 95.9 Å². The maximum absolute atomic E-state index is 13.8. The fourth-order valence-electron chi connectivity index (χ4n) is 3.87. The van der Waals surface area contributed by atoms with Gasteiger partial charge in [0.25, 0.3) is 11.8 Å². The first-order valence-electron chi connectivity index (χ1n) is 10.1. The Hall–Kier alpha value is -3.86. The van der Waals surface area contributed by atoms with Gasteiger partial charge in [0.15, 0.2) is 6.04 Å². The van der Waals surface area contributed by atoms with E-state index < -0.39 is 42.0 Å². The van der Waals surface area contributed by atoms with E-state index in [1.54, 1.807) is 24.3 Å². The number of alkyl halides is 3. The van der Waals surface area contributed by atoms with Gasteiger partial charge in [-0.2, -0.15) is 0 Å². The molecule has 1 aliphatic rings. The first kappa shape index (κ1) is 24.3. The Labute approximate surface area is 205 Å². The third kappa shape index (κ3) is 5.14. The molecule has 2 N–H and O–H groups in total. The van der Waals surface area contributed by atoms with E-state index in [0.717, 1.165) is 17.0 Å². The summed E-state index contributed by atoms with van der Waals surface area (Å²) in [6.07, 6.45) is -4.92. The van der Waals surface area contributed by atoms with Crippen molar-refractivity contribution in [2.75, 3.05) is 5.32 Å². The number of aliphatic carboxylic acids is 1. The lowest BCUT2D eigenvalue weighted by Gasteiger charge is -2.34. The highest BCUT2D eigenvalue weighted by Crippen LogP contribution is 2.39. The molecule has 0 saturated heterocycles. The van der Waals surface area contributed by atoms with Crippen LogP contribution in [-0.4, -0.2) is 34.2 Å². The van der Waals surface area contributed by atoms with E-state index >= 15 is 0 Å². The lowest BCUT2D eigenvalue weighted by molar-refractivity contribution is -0.274. The number of carbonyl (C=O) groups excluding carboxylic acids is 2. The summed E-state index contributed by atoms with van der Waals surface area (Å²) >= 11 is 3.28. The van der Waals surface area contributed by atoms with Gasteiger partial charge in [0, 0.05) is 4.47 Å². The Morgan fingerprint density at radius 2 is 1.69 bits per heavy atom. The Kier molecular flexibility index (Phi) is 6.53. The van der Waals surface area contributed by atoms with Gasteiger partial charge in [-0.15, -0.1) is 13.2 Å². The molecule has 1 heterocycles. The van der Waals surface area contributed by atoms with E-state index in [1.165, 1.54) is 36.4 Å². The van der Waals surface area contributed by atoms with Gasteiger partial charge in [-0.05, 0) is 41.5 Å². The zero-order chi connectivity index (χ0) is 25.3. The second-order valence-corrected chi connectivity index (χ2v) is 8.48. The van der Waals surface area contributed by atoms with Gasteiger partial charge in [0.05, 0.1) is 11.3 Å². The smallest absolute Gasteiger partial charge is 0.479 e. The molecule has 3 aromatic rings. The number of fused-ring (bicyclic) bond motifs is 1. The second-order valence-electron chi connectivity index (χ2n) is 7.56. The molecule has 0 fully saturated rings. The van der Waals surface area contributed by atoms with E-state index in [4.69, 9.17) is 0 Å². The predicted octanol–water partition coefficient (Wildman–Crippen LogP) is 5.31. The van der Waals surface area contributed by atoms with Crippen molar-refractivity contribution in [2.45, 2.75) is 18.4 Å². The van der Waals surface area contributed by atoms with Crippen LogP contribution in [0.3, 0.4) is 0 Å². The Balaban J connectivity index is 1.88. The van der Waals surface area contributed by atoms with Crippen LogP contribution >= 0.6 is 15.9 Å². The fourth-order valence-corrected chi connectivity index (χ4v) is 4.23. The molecule has 35 heavy (non-hydrogen) atoms. The number of carbonyl (C=O) groups is 3. The van der Waals surface area contributed by atoms with Crippen LogP contribution in [0.2, 0.25) is 0 Å². The van der Waals surface area contributed by atoms with Crippen LogP contribution < -0.4 is 10.1 Å². The summed E-state index contributed by atoms with van der Waals surface area (Å²) in [7, 11) is 0. The SMILES string of the molecule is O=C(O)C(c1ccccc1)N1C(=O)c2cc(Br)ccc2NC(=O)C1c1ccc(OC(F)(F)F)cc1. The van der Waals surface area contributed by atoms with Crippen molar-refractivity contribution in [1.82, 2.24) is 4.90 Å². The number of hydrogen-bond acceptors (Lipinski definition) is 4. The molecule has 0 aromatic heterocycles. The van der Waals surface area contributed by atoms with Gasteiger partial charge in [-0.25, -0.2) is 4.79 Å². The first-order valence-corrected chi connectivity index (χ1v) is 10.9. The molecule has 2 amide bonds. The van der Waals surface area contributed by atoms with Crippen molar-refractivity contribution in [2.24, 2.45) is 0 Å². The van der Waals surface area contributed by atoms with E-state index in [1.807, 2.05) is 0 Å². The molecule has 11 heteroatoms. The highest BCUT2D eigenvalue weighted by molar-refractivity contribution is 9.10. The summed E-state index contributed by atoms with van der Waals surface area (Å²) in [5.74, 6) is -3.40. The molecule has 1 aliphatic heterocycles. The Morgan fingerprint density at radius 3 is 2.29 bits per heavy atom. The fraction of sp³-hybridized carbons (Fsp3) is 0.125. The van der Waals surface area contributed by atoms with E-state index in [-0.39, 0.29) is 22.4 Å². The minimum absolute atomic E-state index is 0.0504. The number of nitrogens with zero attached hydrogens (tertiary/aromatic N) is 1. The first-order chi connectivity index (χ1) is 16.5. The highest BCUT2D eigenvalue weighted by atomic mass is 79.9. The molecule has 0 radical (unpaired) electrons. The zero-order valence-electron chi connectivity index (χ0n) is 17.6. The highest BCUT2D eigenvalue weighted by Gasteiger charge is 2.44. The molecule has 180 valence electrons. The summed E-state index contributed by atoms with van der Waals surface area (Å²) in [6, 6.07) is 13.7. The summed E-state index contributed by atoms with van der Waals surface area (Å²) in [5, 5.41) is 12.8. The van der Waals surface area contributed by atoms with Crippen molar-refractivity contribution in [3.05, 3.63) is 94.0 Å². The number of halogens is 4. The normalized spacial score (nSPS) is 16.7. The predicted molar refractivity (Wildman–Crippen MR) is 122 cm³/mol. The average molecular weight is 549 g/mol. The minimum atomic E-state index is -4.92. The lowest BCUT2D eigenvalue weighted by atomic mass is 9.97. The number of anilines is 1. The Morgan fingerprint density at radius 1 is 1.03 bits per heavy atom. The molecule has 0 saturated carbocycles. The quantitative estimate of drug-likeness (QED) is 0.450. The summed E-state index contributed by atoms with van der Waals surface area (Å²) in [6.45, 7) is 0. The number of nitrogens with one attached hydrogen (secondary N) is 1. The number of amides is 2. The monoisotopic (exact) mass is 548 g/mol. The molecule has 2 unspecified atom stereocenters. The van der Waals surface area contributed by atoms with E-state index in [9.17, 15) is 32.7 Å². The van der Waals surface area contributed by atoms with Crippen molar-refractivity contribution in [1.29, 1.82) is 0 Å². The van der Waals surface area contributed by atoms with Crippen LogP contribution in [0.1, 0.15) is 33.6 Å². The van der Waals surface area contributed by atoms with E-state index in [0.29, 0.717) is 4.47 Å². The standard InChI is InChI=1S/C24H16BrF3N2O5/c25-15-8-11-18-17(12-15)22(32)30(20(23(33)34)13-4-2-1-3-5-13)19(21(31)29-18)14-6-9-16(10-7-14)35-24(26,27)28/h1-12,19-20H,(H,29,31)(H,33,34). The molecular formula is C24H16BrF3N2O5. The van der Waals surface area contributed by atoms with Gasteiger partial charge in [0.2, 0.25) is 0 Å². The second kappa shape index (κ2) is 9.41. The minimum Gasteiger partial charge on any atom is -0.479 e. The van der Waals surface area contributed by atoms with E-state index in [2.05, 4.69) is 26.0 Å². The number of ether oxygens (including phenoxy) is 1. The van der Waals surface area contributed by atoms with Crippen molar-refractivity contribution in [3.8, 4) is 5.75 Å². The largest absolute Gasteiger partial charge is 0.573 e. The third-order valence-corrected chi connectivity index (χ3v) is 5.78. The van der Waals surface area contributed by atoms with Gasteiger partial charge < -0.3 is 20.1 Å². The lowest BCUT2D eigenvalue weighted by Crippen LogP contribution is -2.44. The van der Waals surface area contributed by atoms with Gasteiger partial charge in [-0.1, -0.05) is 58.4 Å². The molecule has 7 nitrogen and oxygen atoms in total. The maximum Gasteiger partial charge on any atom is 0.573 e. The summed E-state index contributed by atoms with van der Waals surface area (Å²) in [4.78, 5) is 40.5. The number of hydrogen-bond donors (Lipinski definition) is 2. The molecule has 0 aliphatic carbocycles. The molecule has 3 aromatic carbocycles. The van der Waals surface area contributed by atoms with Crippen LogP contribution in [0.15, 0.2) is 77.3 Å². The van der Waals surface area contributed by atoms with Crippen molar-refractivity contribution >= 4 is 39.4 Å². The van der Waals surface area contributed by atoms with Crippen LogP contribution in [-0.2, 0) is 9.59 Å². The van der Waals surface area contributed by atoms with Gasteiger partial charge in [0.1, 0.15) is 11.8 Å². The van der Waals surface area contributed by atoms with Crippen molar-refractivity contribution in [3.63, 3.8) is 0 Å². The molecule has 2 atom stereocenters. The third-order valence-electron chi connectivity index (χ3n) is 5.29. The van der Waals surface area contributed by atoms with Crippen LogP contribution in [0.4, 0.5) is 18.9 Å². The van der Waals surface area contributed by atoms with Crippen molar-refractivity contribution < 1.29 is 37.4 Å². The molecule has 0 bridgehead atoms. The molecular weight excluding hydrogens is 533 g/mol. The van der Waals surface area contributed by atoms with Crippen LogP contribution in [0.5, 0.6) is 5.75 Å². The number of carboxylic acids is 1. The maximum atomic E-state index is 13.8. The van der Waals surface area contributed by atoms with Crippen LogP contribution in [0.25, 0.3) is 0 Å². The molecule has 0 spiro atoms. The number of benzene rings is 3. The molecule has 4 rings (SSSR count). The Bertz CT molecular complexity index is 1280. The van der Waals surface area contributed by atoms with Crippen LogP contribution in [0, 0.1) is 0 Å². The van der Waals surface area contributed by atoms with Gasteiger partial charge in [-0.3, -0.25) is 9.59 Å². The average Bonchev–Trinajstić information content (AvgIpc) is 2.89.